The number of rotatable bonds is 6. The molecule has 1 heterocycles. The van der Waals surface area contributed by atoms with E-state index in [1.807, 2.05) is 0 Å². The second kappa shape index (κ2) is 15.9. The van der Waals surface area contributed by atoms with Crippen molar-refractivity contribution in [3.05, 3.63) is 213 Å². The van der Waals surface area contributed by atoms with Crippen LogP contribution in [0.15, 0.2) is 180 Å². The average molecular weight is 971 g/mol. The van der Waals surface area contributed by atoms with Crippen LogP contribution in [-0.4, -0.2) is 13.2 Å². The molecule has 1 aliphatic heterocycles. The van der Waals surface area contributed by atoms with Gasteiger partial charge >= 0.3 is 296 Å². The van der Waals surface area contributed by atoms with Gasteiger partial charge in [-0.15, -0.1) is 0 Å². The van der Waals surface area contributed by atoms with Gasteiger partial charge in [0, 0.05) is 5.41 Å². The number of ether oxygens (including phenoxy) is 1. The van der Waals surface area contributed by atoms with Gasteiger partial charge in [-0.1, -0.05) is 44.2 Å². The number of hydrogen-bond acceptors (Lipinski definition) is 1. The number of allylic oxidation sites excluding steroid dienone is 5. The van der Waals surface area contributed by atoms with Gasteiger partial charge in [0.2, 0.25) is 0 Å². The summed E-state index contributed by atoms with van der Waals surface area (Å²) in [6, 6.07) is 51.9. The summed E-state index contributed by atoms with van der Waals surface area (Å²) in [5, 5.41) is 4.96. The predicted molar refractivity (Wildman–Crippen MR) is 252 cm³/mol. The van der Waals surface area contributed by atoms with Crippen LogP contribution in [0.5, 0.6) is 0 Å². The van der Waals surface area contributed by atoms with Crippen molar-refractivity contribution >= 4 is 29.3 Å². The Labute approximate surface area is 367 Å². The van der Waals surface area contributed by atoms with E-state index in [0.717, 1.165) is 16.5 Å². The molecule has 0 aromatic heterocycles. The average Bonchev–Trinajstić information content (AvgIpc) is 3.89. The fraction of sp³-hybridized carbons (Fsp3) is 0.175. The molecule has 1 nitrogen and oxygen atoms in total. The van der Waals surface area contributed by atoms with Crippen molar-refractivity contribution in [3.63, 3.8) is 0 Å². The van der Waals surface area contributed by atoms with Gasteiger partial charge in [0.1, 0.15) is 0 Å². The van der Waals surface area contributed by atoms with E-state index in [1.165, 1.54) is 77.1 Å². The maximum absolute atomic E-state index is 6.04. The Balaban J connectivity index is 1.23. The molecule has 0 N–H and O–H groups in total. The molecule has 0 atom stereocenters. The van der Waals surface area contributed by atoms with Crippen LogP contribution in [-0.2, 0) is 33.5 Å². The summed E-state index contributed by atoms with van der Waals surface area (Å²) in [5.41, 5.74) is 16.2. The third kappa shape index (κ3) is 6.53. The van der Waals surface area contributed by atoms with Crippen molar-refractivity contribution in [3.8, 4) is 38.5 Å². The molecule has 0 unspecified atom stereocenters. The zero-order valence-electron chi connectivity index (χ0n) is 35.2. The van der Waals surface area contributed by atoms with E-state index < -0.39 is 7.26 Å². The first-order chi connectivity index (χ1) is 29.1. The summed E-state index contributed by atoms with van der Waals surface area (Å²) in [6.45, 7) is 14.9. The van der Waals surface area contributed by atoms with Crippen LogP contribution in [0.25, 0.3) is 28.3 Å². The van der Waals surface area contributed by atoms with E-state index in [0.29, 0.717) is 13.2 Å². The second-order valence-electron chi connectivity index (χ2n) is 17.0. The van der Waals surface area contributed by atoms with Crippen molar-refractivity contribution in [1.82, 2.24) is 0 Å². The monoisotopic (exact) mass is 972 g/mol. The first-order valence-electron chi connectivity index (χ1n) is 20.9. The molecule has 3 aliphatic rings. The summed E-state index contributed by atoms with van der Waals surface area (Å²) < 4.78 is 9.88. The van der Waals surface area contributed by atoms with Gasteiger partial charge in [0.05, 0.1) is 0 Å². The number of fused-ring (bicyclic) bond motifs is 6. The standard InChI is InChI=1S/C57H49OP.Os/c1-8-19-40-27-30-48-50-35-55-51(36-54(50)56(4,5)52(48)32-40)49-31-28-41(33-53(49)57(55,6)7)26-29-43(34-44-38-58-37-42(44)9-2)39(3)59(45-20-13-10-14-21-45,46-22-15-11-16-23-46)47-24-17-12-18-25-47;/h8-25,27-28,30-36H,37-38H2,1-2,4-7H3;/q+1;/b19-8+,42-9?,43-39?,44-34?;. The Hall–Kier alpha value is -5.35. The molecular formula is C57H49OOsP+. The van der Waals surface area contributed by atoms with Crippen LogP contribution in [0.1, 0.15) is 74.9 Å². The van der Waals surface area contributed by atoms with Gasteiger partial charge < -0.3 is 0 Å². The van der Waals surface area contributed by atoms with Crippen molar-refractivity contribution < 1.29 is 22.7 Å². The van der Waals surface area contributed by atoms with Crippen molar-refractivity contribution in [1.29, 1.82) is 0 Å². The molecule has 6 aromatic rings. The molecule has 2 aliphatic carbocycles. The molecular weight excluding hydrogens is 922 g/mol. The van der Waals surface area contributed by atoms with E-state index in [2.05, 4.69) is 222 Å². The van der Waals surface area contributed by atoms with Crippen LogP contribution in [0.3, 0.4) is 0 Å². The first kappa shape index (κ1) is 40.1. The van der Waals surface area contributed by atoms with Crippen LogP contribution in [0.4, 0.5) is 0 Å². The molecule has 3 heteroatoms. The van der Waals surface area contributed by atoms with E-state index in [-0.39, 0.29) is 10.8 Å². The summed E-state index contributed by atoms with van der Waals surface area (Å²) in [5.74, 6) is 7.56. The normalized spacial score (nSPS) is 17.4. The minimum atomic E-state index is -2.48. The number of hydrogen-bond donors (Lipinski definition) is 0. The Morgan fingerprint density at radius 1 is 0.600 bits per heavy atom. The molecule has 60 heavy (non-hydrogen) atoms. The Morgan fingerprint density at radius 3 is 1.62 bits per heavy atom. The van der Waals surface area contributed by atoms with Crippen LogP contribution >= 0.6 is 7.26 Å². The van der Waals surface area contributed by atoms with Crippen molar-refractivity contribution in [2.45, 2.75) is 52.4 Å². The summed E-state index contributed by atoms with van der Waals surface area (Å²) >= 11 is 1.80. The Morgan fingerprint density at radius 2 is 1.10 bits per heavy atom. The molecule has 295 valence electrons. The Bertz CT molecular complexity index is 2810. The van der Waals surface area contributed by atoms with Gasteiger partial charge in [-0.2, -0.15) is 0 Å². The van der Waals surface area contributed by atoms with Gasteiger partial charge in [-0.25, -0.2) is 0 Å². The topological polar surface area (TPSA) is 9.23 Å². The summed E-state index contributed by atoms with van der Waals surface area (Å²) in [7, 11) is -2.48. The van der Waals surface area contributed by atoms with Gasteiger partial charge in [0.15, 0.2) is 0 Å². The fourth-order valence-electron chi connectivity index (χ4n) is 9.77. The molecule has 0 spiro atoms. The van der Waals surface area contributed by atoms with Crippen molar-refractivity contribution in [2.24, 2.45) is 0 Å². The Kier molecular flexibility index (Phi) is 10.6. The fourth-order valence-corrected chi connectivity index (χ4v) is 15.5. The molecule has 0 saturated carbocycles. The van der Waals surface area contributed by atoms with E-state index in [9.17, 15) is 0 Å². The van der Waals surface area contributed by atoms with Gasteiger partial charge in [-0.05, 0) is 23.6 Å². The molecule has 1 fully saturated rings. The van der Waals surface area contributed by atoms with Crippen molar-refractivity contribution in [2.75, 3.05) is 13.2 Å². The van der Waals surface area contributed by atoms with Crippen LogP contribution < -0.4 is 15.9 Å². The summed E-state index contributed by atoms with van der Waals surface area (Å²) in [4.78, 5) is 0. The maximum atomic E-state index is 6.04. The molecule has 1 saturated heterocycles. The third-order valence-corrected chi connectivity index (χ3v) is 18.3. The second-order valence-corrected chi connectivity index (χ2v) is 21.0. The summed E-state index contributed by atoms with van der Waals surface area (Å²) in [6.07, 6.45) is 8.79. The van der Waals surface area contributed by atoms with E-state index >= 15 is 0 Å². The SMILES string of the molecule is CC=C1COCC1=CC(C#Cc1ccc2c(c1)C(C)(C)c1cc3c(cc1-2)C(C)(C)c1cc(/C=C/C)ccc1-3)=C([C]#[Os])[P+](c1ccccc1)(c1ccccc1)c1ccccc1. The molecule has 6 aromatic carbocycles. The molecule has 0 bridgehead atoms. The zero-order valence-corrected chi connectivity index (χ0v) is 38.6. The van der Waals surface area contributed by atoms with Crippen LogP contribution in [0.2, 0.25) is 0 Å². The molecule has 0 radical (unpaired) electrons. The van der Waals surface area contributed by atoms with E-state index in [1.54, 1.807) is 17.9 Å². The van der Waals surface area contributed by atoms with Crippen LogP contribution in [0, 0.1) is 16.2 Å². The quantitative estimate of drug-likeness (QED) is 0.119. The van der Waals surface area contributed by atoms with Gasteiger partial charge in [-0.3, -0.25) is 0 Å². The van der Waals surface area contributed by atoms with Gasteiger partial charge in [0.25, 0.3) is 0 Å². The minimum absolute atomic E-state index is 0.0905. The molecule has 9 rings (SSSR count). The van der Waals surface area contributed by atoms with E-state index in [4.69, 9.17) is 4.74 Å². The zero-order chi connectivity index (χ0) is 41.6. The number of benzene rings is 6. The third-order valence-electron chi connectivity index (χ3n) is 12.9. The first-order valence-corrected chi connectivity index (χ1v) is 23.9. The molecule has 0 amide bonds. The predicted octanol–water partition coefficient (Wildman–Crippen LogP) is 12.3.